The standard InChI is InChI=1S/C22H23N3O4/c1-28-21-7-6-14(12-23-21)10-15-11-19(24-17-5-3-2-4-16(15)17)22(27)25-18-8-9-29-13-20(18)26/h2-7,11-12,18,20,26H,8-10,13H2,1H3,(H,25,27)/t18-,20+/m0/s1. The predicted molar refractivity (Wildman–Crippen MR) is 108 cm³/mol. The molecule has 3 heterocycles. The monoisotopic (exact) mass is 393 g/mol. The Hall–Kier alpha value is -3.03. The van der Waals surface area contributed by atoms with Gasteiger partial charge >= 0.3 is 0 Å². The quantitative estimate of drug-likeness (QED) is 0.690. The average Bonchev–Trinajstić information content (AvgIpc) is 2.76. The van der Waals surface area contributed by atoms with Crippen molar-refractivity contribution >= 4 is 16.8 Å². The lowest BCUT2D eigenvalue weighted by Crippen LogP contribution is -2.48. The number of aliphatic hydroxyl groups excluding tert-OH is 1. The van der Waals surface area contributed by atoms with Crippen LogP contribution in [0.15, 0.2) is 48.7 Å². The summed E-state index contributed by atoms with van der Waals surface area (Å²) in [5, 5.41) is 13.9. The summed E-state index contributed by atoms with van der Waals surface area (Å²) in [4.78, 5) is 21.6. The van der Waals surface area contributed by atoms with Crippen LogP contribution in [0.3, 0.4) is 0 Å². The third-order valence-corrected chi connectivity index (χ3v) is 5.08. The average molecular weight is 393 g/mol. The molecule has 0 saturated carbocycles. The highest BCUT2D eigenvalue weighted by atomic mass is 16.5. The van der Waals surface area contributed by atoms with Crippen molar-refractivity contribution in [1.29, 1.82) is 0 Å². The van der Waals surface area contributed by atoms with Crippen LogP contribution >= 0.6 is 0 Å². The van der Waals surface area contributed by atoms with Crippen LogP contribution in [0.2, 0.25) is 0 Å². The molecule has 1 aliphatic heterocycles. The molecule has 2 atom stereocenters. The van der Waals surface area contributed by atoms with Gasteiger partial charge in [0, 0.05) is 24.3 Å². The van der Waals surface area contributed by atoms with Crippen LogP contribution in [0.4, 0.5) is 0 Å². The number of nitrogens with one attached hydrogen (secondary N) is 1. The number of methoxy groups -OCH3 is 1. The van der Waals surface area contributed by atoms with E-state index in [1.54, 1.807) is 13.3 Å². The molecule has 4 rings (SSSR count). The third-order valence-electron chi connectivity index (χ3n) is 5.08. The van der Waals surface area contributed by atoms with E-state index in [0.29, 0.717) is 31.0 Å². The number of carbonyl (C=O) groups is 1. The summed E-state index contributed by atoms with van der Waals surface area (Å²) in [6.45, 7) is 0.745. The van der Waals surface area contributed by atoms with Gasteiger partial charge in [-0.3, -0.25) is 4.79 Å². The predicted octanol–water partition coefficient (Wildman–Crippen LogP) is 2.11. The van der Waals surface area contributed by atoms with Gasteiger partial charge in [0.1, 0.15) is 5.69 Å². The number of hydrogen-bond acceptors (Lipinski definition) is 6. The number of para-hydroxylation sites is 1. The number of ether oxygens (including phenoxy) is 2. The maximum absolute atomic E-state index is 12.8. The highest BCUT2D eigenvalue weighted by Crippen LogP contribution is 2.22. The van der Waals surface area contributed by atoms with E-state index in [-0.39, 0.29) is 18.6 Å². The van der Waals surface area contributed by atoms with Crippen molar-refractivity contribution in [2.45, 2.75) is 25.0 Å². The first-order valence-corrected chi connectivity index (χ1v) is 9.58. The molecule has 0 spiro atoms. The fourth-order valence-corrected chi connectivity index (χ4v) is 3.50. The Bertz CT molecular complexity index is 1010. The van der Waals surface area contributed by atoms with Gasteiger partial charge in [0.15, 0.2) is 0 Å². The van der Waals surface area contributed by atoms with Crippen molar-refractivity contribution < 1.29 is 19.4 Å². The summed E-state index contributed by atoms with van der Waals surface area (Å²) in [5.41, 5.74) is 3.08. The second-order valence-corrected chi connectivity index (χ2v) is 7.08. The molecule has 2 N–H and O–H groups in total. The maximum atomic E-state index is 12.8. The molecule has 0 radical (unpaired) electrons. The van der Waals surface area contributed by atoms with E-state index >= 15 is 0 Å². The van der Waals surface area contributed by atoms with Crippen molar-refractivity contribution in [3.05, 3.63) is 65.5 Å². The summed E-state index contributed by atoms with van der Waals surface area (Å²) in [6, 6.07) is 13.0. The molecule has 150 valence electrons. The van der Waals surface area contributed by atoms with E-state index in [9.17, 15) is 9.90 Å². The zero-order chi connectivity index (χ0) is 20.2. The van der Waals surface area contributed by atoms with Gasteiger partial charge in [0.2, 0.25) is 5.88 Å². The number of fused-ring (bicyclic) bond motifs is 1. The Morgan fingerprint density at radius 2 is 2.17 bits per heavy atom. The van der Waals surface area contributed by atoms with E-state index in [1.807, 2.05) is 42.5 Å². The van der Waals surface area contributed by atoms with Crippen LogP contribution in [0.1, 0.15) is 28.0 Å². The lowest BCUT2D eigenvalue weighted by Gasteiger charge is -2.28. The SMILES string of the molecule is COc1ccc(Cc2cc(C(=O)N[C@H]3CCOC[C@H]3O)nc3ccccc23)cn1. The normalized spacial score (nSPS) is 19.1. The minimum atomic E-state index is -0.710. The van der Waals surface area contributed by atoms with Crippen LogP contribution in [0.25, 0.3) is 10.9 Å². The molecule has 1 amide bonds. The molecule has 7 nitrogen and oxygen atoms in total. The zero-order valence-electron chi connectivity index (χ0n) is 16.2. The van der Waals surface area contributed by atoms with Crippen LogP contribution in [-0.2, 0) is 11.2 Å². The molecule has 0 unspecified atom stereocenters. The minimum Gasteiger partial charge on any atom is -0.481 e. The van der Waals surface area contributed by atoms with Crippen LogP contribution in [0, 0.1) is 0 Å². The van der Waals surface area contributed by atoms with Gasteiger partial charge in [-0.1, -0.05) is 24.3 Å². The largest absolute Gasteiger partial charge is 0.481 e. The molecule has 0 bridgehead atoms. The van der Waals surface area contributed by atoms with Crippen molar-refractivity contribution in [2.24, 2.45) is 0 Å². The first kappa shape index (κ1) is 19.3. The first-order valence-electron chi connectivity index (χ1n) is 9.58. The molecule has 3 aromatic rings. The summed E-state index contributed by atoms with van der Waals surface area (Å²) in [7, 11) is 1.58. The highest BCUT2D eigenvalue weighted by molar-refractivity contribution is 5.96. The van der Waals surface area contributed by atoms with Gasteiger partial charge in [-0.25, -0.2) is 9.97 Å². The second-order valence-electron chi connectivity index (χ2n) is 7.08. The van der Waals surface area contributed by atoms with Crippen molar-refractivity contribution in [1.82, 2.24) is 15.3 Å². The number of benzene rings is 1. The smallest absolute Gasteiger partial charge is 0.270 e. The zero-order valence-corrected chi connectivity index (χ0v) is 16.2. The van der Waals surface area contributed by atoms with E-state index < -0.39 is 6.10 Å². The van der Waals surface area contributed by atoms with E-state index in [2.05, 4.69) is 15.3 Å². The van der Waals surface area contributed by atoms with Gasteiger partial charge in [-0.2, -0.15) is 0 Å². The Morgan fingerprint density at radius 3 is 2.93 bits per heavy atom. The minimum absolute atomic E-state index is 0.228. The number of pyridine rings is 2. The van der Waals surface area contributed by atoms with Crippen molar-refractivity contribution in [3.63, 3.8) is 0 Å². The second kappa shape index (κ2) is 8.55. The number of hydrogen-bond donors (Lipinski definition) is 2. The summed E-state index contributed by atoms with van der Waals surface area (Å²) >= 11 is 0. The fourth-order valence-electron chi connectivity index (χ4n) is 3.50. The van der Waals surface area contributed by atoms with Gasteiger partial charge in [-0.05, 0) is 36.1 Å². The fraction of sp³-hybridized carbons (Fsp3) is 0.318. The number of aliphatic hydroxyl groups is 1. The Labute approximate surface area is 168 Å². The number of carbonyl (C=O) groups excluding carboxylic acids is 1. The molecule has 1 fully saturated rings. The van der Waals surface area contributed by atoms with E-state index in [0.717, 1.165) is 22.0 Å². The molecule has 2 aromatic heterocycles. The molecule has 1 saturated heterocycles. The van der Waals surface area contributed by atoms with Gasteiger partial charge in [-0.15, -0.1) is 0 Å². The molecular weight excluding hydrogens is 370 g/mol. The molecule has 7 heteroatoms. The van der Waals surface area contributed by atoms with Gasteiger partial charge < -0.3 is 19.9 Å². The molecule has 1 aliphatic rings. The lowest BCUT2D eigenvalue weighted by atomic mass is 10.0. The Morgan fingerprint density at radius 1 is 1.31 bits per heavy atom. The lowest BCUT2D eigenvalue weighted by molar-refractivity contribution is -0.0261. The van der Waals surface area contributed by atoms with Crippen LogP contribution in [0.5, 0.6) is 5.88 Å². The first-order chi connectivity index (χ1) is 14.1. The van der Waals surface area contributed by atoms with E-state index in [1.165, 1.54) is 0 Å². The van der Waals surface area contributed by atoms with E-state index in [4.69, 9.17) is 9.47 Å². The Kier molecular flexibility index (Phi) is 5.69. The molecule has 29 heavy (non-hydrogen) atoms. The summed E-state index contributed by atoms with van der Waals surface area (Å²) < 4.78 is 10.3. The molecule has 1 aromatic carbocycles. The van der Waals surface area contributed by atoms with Crippen LogP contribution in [-0.4, -0.2) is 53.5 Å². The third kappa shape index (κ3) is 4.36. The van der Waals surface area contributed by atoms with Crippen molar-refractivity contribution in [2.75, 3.05) is 20.3 Å². The number of nitrogens with zero attached hydrogens (tertiary/aromatic N) is 2. The summed E-state index contributed by atoms with van der Waals surface area (Å²) in [6.07, 6.45) is 2.25. The number of rotatable bonds is 5. The highest BCUT2D eigenvalue weighted by Gasteiger charge is 2.26. The number of aromatic nitrogens is 2. The van der Waals surface area contributed by atoms with Crippen molar-refractivity contribution in [3.8, 4) is 5.88 Å². The maximum Gasteiger partial charge on any atom is 0.270 e. The van der Waals surface area contributed by atoms with Crippen LogP contribution < -0.4 is 10.1 Å². The Balaban J connectivity index is 1.63. The summed E-state index contributed by atoms with van der Waals surface area (Å²) in [5.74, 6) is 0.263. The van der Waals surface area contributed by atoms with Gasteiger partial charge in [0.25, 0.3) is 5.91 Å². The molecular formula is C22H23N3O4. The number of amides is 1. The topological polar surface area (TPSA) is 93.6 Å². The van der Waals surface area contributed by atoms with Gasteiger partial charge in [0.05, 0.1) is 31.4 Å². The molecule has 0 aliphatic carbocycles.